The molecule has 0 aliphatic rings. The molecule has 0 fully saturated rings. The van der Waals surface area contributed by atoms with Gasteiger partial charge in [-0.3, -0.25) is 4.40 Å². The zero-order valence-electron chi connectivity index (χ0n) is 12.7. The van der Waals surface area contributed by atoms with E-state index in [0.717, 1.165) is 38.7 Å². The first kappa shape index (κ1) is 12.1. The minimum atomic E-state index is 0.902. The van der Waals surface area contributed by atoms with Crippen molar-refractivity contribution in [3.8, 4) is 0 Å². The van der Waals surface area contributed by atoms with Crippen molar-refractivity contribution < 1.29 is 0 Å². The summed E-state index contributed by atoms with van der Waals surface area (Å²) < 4.78 is 2.14. The molecule has 0 amide bonds. The van der Waals surface area contributed by atoms with Gasteiger partial charge in [0.25, 0.3) is 0 Å². The summed E-state index contributed by atoms with van der Waals surface area (Å²) in [4.78, 5) is 13.0. The van der Waals surface area contributed by atoms with E-state index >= 15 is 0 Å². The van der Waals surface area contributed by atoms with Crippen LogP contribution >= 0.6 is 0 Å². The quantitative estimate of drug-likeness (QED) is 0.443. The Morgan fingerprint density at radius 2 is 1.71 bits per heavy atom. The maximum absolute atomic E-state index is 4.90. The van der Waals surface area contributed by atoms with E-state index in [-0.39, 0.29) is 0 Å². The van der Waals surface area contributed by atoms with Crippen molar-refractivity contribution in [2.45, 2.75) is 0 Å². The van der Waals surface area contributed by atoms with Gasteiger partial charge in [0.1, 0.15) is 11.2 Å². The van der Waals surface area contributed by atoms with E-state index in [2.05, 4.69) is 64.0 Å². The molecule has 4 aromatic heterocycles. The van der Waals surface area contributed by atoms with Crippen molar-refractivity contribution in [2.75, 3.05) is 0 Å². The second-order valence-corrected chi connectivity index (χ2v) is 6.09. The average Bonchev–Trinajstić information content (AvgIpc) is 3.19. The number of rotatable bonds is 0. The normalized spacial score (nSPS) is 12.2. The van der Waals surface area contributed by atoms with Crippen LogP contribution in [-0.4, -0.2) is 19.4 Å². The maximum atomic E-state index is 4.90. The van der Waals surface area contributed by atoms with Gasteiger partial charge in [-0.25, -0.2) is 9.97 Å². The number of hydrogen-bond acceptors (Lipinski definition) is 2. The molecule has 0 aliphatic heterocycles. The molecule has 0 saturated carbocycles. The molecule has 0 aliphatic carbocycles. The summed E-state index contributed by atoms with van der Waals surface area (Å²) in [6, 6.07) is 20.8. The van der Waals surface area contributed by atoms with E-state index in [1.54, 1.807) is 0 Å². The Hall–Kier alpha value is -3.40. The van der Waals surface area contributed by atoms with Crippen LogP contribution in [0, 0.1) is 0 Å². The van der Waals surface area contributed by atoms with E-state index in [0.29, 0.717) is 0 Å². The number of nitrogens with one attached hydrogen (secondary N) is 1. The van der Waals surface area contributed by atoms with E-state index in [9.17, 15) is 0 Å². The number of fused-ring (bicyclic) bond motifs is 9. The number of para-hydroxylation sites is 2. The first-order valence-corrected chi connectivity index (χ1v) is 7.95. The minimum absolute atomic E-state index is 0.902. The average molecular weight is 308 g/mol. The van der Waals surface area contributed by atoms with Gasteiger partial charge in [0, 0.05) is 16.3 Å². The third-order valence-corrected chi connectivity index (χ3v) is 4.76. The van der Waals surface area contributed by atoms with Crippen LogP contribution in [0.15, 0.2) is 66.9 Å². The predicted octanol–water partition coefficient (Wildman–Crippen LogP) is 4.67. The molecule has 0 saturated heterocycles. The Morgan fingerprint density at radius 1 is 0.833 bits per heavy atom. The van der Waals surface area contributed by atoms with Crippen molar-refractivity contribution in [3.63, 3.8) is 0 Å². The summed E-state index contributed by atoms with van der Waals surface area (Å²) in [6.07, 6.45) is 1.91. The second-order valence-electron chi connectivity index (χ2n) is 6.09. The summed E-state index contributed by atoms with van der Waals surface area (Å²) in [6.45, 7) is 0. The summed E-state index contributed by atoms with van der Waals surface area (Å²) in [7, 11) is 0. The van der Waals surface area contributed by atoms with Gasteiger partial charge < -0.3 is 4.98 Å². The van der Waals surface area contributed by atoms with Gasteiger partial charge in [0.15, 0.2) is 5.65 Å². The van der Waals surface area contributed by atoms with Crippen molar-refractivity contribution in [1.29, 1.82) is 0 Å². The maximum Gasteiger partial charge on any atom is 0.165 e. The van der Waals surface area contributed by atoms with E-state index < -0.39 is 0 Å². The number of aromatic amines is 1. The highest BCUT2D eigenvalue weighted by atomic mass is 15.1. The zero-order valence-corrected chi connectivity index (χ0v) is 12.7. The highest BCUT2D eigenvalue weighted by molar-refractivity contribution is 6.18. The summed E-state index contributed by atoms with van der Waals surface area (Å²) in [5, 5.41) is 3.51. The van der Waals surface area contributed by atoms with Crippen molar-refractivity contribution in [1.82, 2.24) is 19.4 Å². The topological polar surface area (TPSA) is 46.0 Å². The summed E-state index contributed by atoms with van der Waals surface area (Å²) in [5.74, 6) is 0. The molecule has 0 atom stereocenters. The Kier molecular flexibility index (Phi) is 2.07. The zero-order chi connectivity index (χ0) is 15.7. The largest absolute Gasteiger partial charge is 0.353 e. The number of aromatic nitrogens is 4. The molecule has 0 unspecified atom stereocenters. The van der Waals surface area contributed by atoms with Gasteiger partial charge in [-0.15, -0.1) is 0 Å². The molecule has 4 nitrogen and oxygen atoms in total. The molecule has 4 heteroatoms. The fourth-order valence-electron chi connectivity index (χ4n) is 3.70. The van der Waals surface area contributed by atoms with Gasteiger partial charge in [-0.2, -0.15) is 0 Å². The van der Waals surface area contributed by atoms with Crippen molar-refractivity contribution in [2.24, 2.45) is 0 Å². The standard InChI is InChI=1S/C20H12N4/c1-4-8-16-12(5-1)9-10-17-23-19-18-13-6-2-3-7-14(13)22-15(18)11-21-20(19)24(16)17/h1-11,22H. The Balaban J connectivity index is 1.94. The van der Waals surface area contributed by atoms with Gasteiger partial charge in [-0.1, -0.05) is 36.4 Å². The highest BCUT2D eigenvalue weighted by Crippen LogP contribution is 2.32. The molecule has 1 N–H and O–H groups in total. The van der Waals surface area contributed by atoms with Gasteiger partial charge in [-0.05, 0) is 29.7 Å². The molecular weight excluding hydrogens is 296 g/mol. The van der Waals surface area contributed by atoms with Gasteiger partial charge in [0.2, 0.25) is 0 Å². The molecule has 0 radical (unpaired) electrons. The lowest BCUT2D eigenvalue weighted by Gasteiger charge is -2.02. The number of benzene rings is 2. The Labute approximate surface area is 136 Å². The lowest BCUT2D eigenvalue weighted by Crippen LogP contribution is -1.89. The third kappa shape index (κ3) is 1.38. The predicted molar refractivity (Wildman–Crippen MR) is 97.4 cm³/mol. The number of H-pyrrole nitrogens is 1. The molecule has 6 rings (SSSR count). The van der Waals surface area contributed by atoms with Crippen LogP contribution in [0.3, 0.4) is 0 Å². The molecule has 2 aromatic carbocycles. The SMILES string of the molecule is c1ccc2c(c1)ccc1nc3c4c(cnc3n12)[nH]c1ccccc14. The van der Waals surface area contributed by atoms with Crippen LogP contribution in [0.25, 0.3) is 49.5 Å². The molecular formula is C20H12N4. The van der Waals surface area contributed by atoms with E-state index in [1.807, 2.05) is 12.3 Å². The highest BCUT2D eigenvalue weighted by Gasteiger charge is 2.15. The molecule has 4 heterocycles. The lowest BCUT2D eigenvalue weighted by molar-refractivity contribution is 1.24. The number of imidazole rings is 1. The molecule has 0 spiro atoms. The van der Waals surface area contributed by atoms with Crippen LogP contribution in [0.1, 0.15) is 0 Å². The monoisotopic (exact) mass is 308 g/mol. The van der Waals surface area contributed by atoms with Crippen molar-refractivity contribution >= 4 is 49.5 Å². The van der Waals surface area contributed by atoms with Gasteiger partial charge in [0.05, 0.1) is 17.2 Å². The minimum Gasteiger partial charge on any atom is -0.353 e. The van der Waals surface area contributed by atoms with Gasteiger partial charge >= 0.3 is 0 Å². The Morgan fingerprint density at radius 3 is 2.71 bits per heavy atom. The van der Waals surface area contributed by atoms with Crippen LogP contribution in [0.2, 0.25) is 0 Å². The van der Waals surface area contributed by atoms with Crippen LogP contribution in [0.4, 0.5) is 0 Å². The molecule has 24 heavy (non-hydrogen) atoms. The van der Waals surface area contributed by atoms with Crippen LogP contribution < -0.4 is 0 Å². The number of pyridine rings is 2. The van der Waals surface area contributed by atoms with E-state index in [1.165, 1.54) is 10.8 Å². The molecule has 6 aromatic rings. The third-order valence-electron chi connectivity index (χ3n) is 4.76. The first-order chi connectivity index (χ1) is 11.9. The smallest absolute Gasteiger partial charge is 0.165 e. The second kappa shape index (κ2) is 4.11. The molecule has 112 valence electrons. The fraction of sp³-hybridized carbons (Fsp3) is 0. The summed E-state index contributed by atoms with van der Waals surface area (Å²) in [5.41, 5.74) is 6.04. The molecule has 0 bridgehead atoms. The fourth-order valence-corrected chi connectivity index (χ4v) is 3.70. The first-order valence-electron chi connectivity index (χ1n) is 7.95. The van der Waals surface area contributed by atoms with Crippen molar-refractivity contribution in [3.05, 3.63) is 66.9 Å². The number of hydrogen-bond donors (Lipinski definition) is 1. The van der Waals surface area contributed by atoms with Crippen LogP contribution in [0.5, 0.6) is 0 Å². The number of nitrogens with zero attached hydrogens (tertiary/aromatic N) is 3. The Bertz CT molecular complexity index is 1400. The summed E-state index contributed by atoms with van der Waals surface area (Å²) >= 11 is 0. The van der Waals surface area contributed by atoms with Crippen LogP contribution in [-0.2, 0) is 0 Å². The van der Waals surface area contributed by atoms with E-state index in [4.69, 9.17) is 9.97 Å². The lowest BCUT2D eigenvalue weighted by atomic mass is 10.2.